The number of benzene rings is 5. The Balaban J connectivity index is 1.56. The fraction of sp³-hybridized carbons (Fsp3) is 0.167. The molecule has 0 bridgehead atoms. The fourth-order valence-corrected chi connectivity index (χ4v) is 5.21. The van der Waals surface area contributed by atoms with Crippen LogP contribution in [0.1, 0.15) is 35.6 Å². The molecule has 5 aromatic rings. The van der Waals surface area contributed by atoms with Gasteiger partial charge in [-0.3, -0.25) is 0 Å². The van der Waals surface area contributed by atoms with Crippen LogP contribution in [0.3, 0.4) is 0 Å². The zero-order valence-corrected chi connectivity index (χ0v) is 21.8. The van der Waals surface area contributed by atoms with Crippen LogP contribution in [0.25, 0.3) is 44.5 Å². The highest BCUT2D eigenvalue weighted by Gasteiger charge is 2.11. The van der Waals surface area contributed by atoms with Crippen molar-refractivity contribution in [1.29, 1.82) is 0 Å². The third-order valence-electron chi connectivity index (χ3n) is 7.27. The third kappa shape index (κ3) is 4.77. The normalized spacial score (nSPS) is 11.0. The van der Waals surface area contributed by atoms with Crippen molar-refractivity contribution < 1.29 is 0 Å². The molecule has 0 spiro atoms. The van der Waals surface area contributed by atoms with E-state index in [1.54, 1.807) is 0 Å². The Morgan fingerprint density at radius 3 is 1.53 bits per heavy atom. The van der Waals surface area contributed by atoms with Crippen LogP contribution in [-0.2, 0) is 6.42 Å². The Morgan fingerprint density at radius 2 is 0.917 bits per heavy atom. The minimum atomic E-state index is 1.10. The summed E-state index contributed by atoms with van der Waals surface area (Å²) in [7, 11) is 0. The van der Waals surface area contributed by atoms with Crippen LogP contribution in [0.2, 0.25) is 0 Å². The lowest BCUT2D eigenvalue weighted by molar-refractivity contribution is 0.923. The molecule has 0 aliphatic rings. The first kappa shape index (κ1) is 23.8. The summed E-state index contributed by atoms with van der Waals surface area (Å²) < 4.78 is 0. The van der Waals surface area contributed by atoms with E-state index in [0.717, 1.165) is 12.8 Å². The second-order valence-electron chi connectivity index (χ2n) is 9.86. The molecule has 0 heteroatoms. The van der Waals surface area contributed by atoms with Gasteiger partial charge in [0.2, 0.25) is 0 Å². The molecule has 5 rings (SSSR count). The Hall–Kier alpha value is -3.90. The van der Waals surface area contributed by atoms with Crippen LogP contribution in [0.4, 0.5) is 0 Å². The Bertz CT molecular complexity index is 1520. The van der Waals surface area contributed by atoms with Crippen molar-refractivity contribution >= 4 is 0 Å². The number of hydrogen-bond donors (Lipinski definition) is 0. The summed E-state index contributed by atoms with van der Waals surface area (Å²) in [4.78, 5) is 0. The van der Waals surface area contributed by atoms with Crippen molar-refractivity contribution in [3.05, 3.63) is 131 Å². The number of aryl methyl sites for hydroxylation is 4. The Kier molecular flexibility index (Phi) is 6.87. The molecule has 0 heterocycles. The van der Waals surface area contributed by atoms with Crippen molar-refractivity contribution in [1.82, 2.24) is 0 Å². The highest BCUT2D eigenvalue weighted by atomic mass is 14.2. The molecule has 0 aliphatic heterocycles. The van der Waals surface area contributed by atoms with Gasteiger partial charge in [-0.25, -0.2) is 0 Å². The molecule has 0 aromatic heterocycles. The van der Waals surface area contributed by atoms with Gasteiger partial charge < -0.3 is 0 Å². The first-order valence-corrected chi connectivity index (χ1v) is 13.0. The molecule has 0 nitrogen and oxygen atoms in total. The van der Waals surface area contributed by atoms with Crippen LogP contribution < -0.4 is 0 Å². The summed E-state index contributed by atoms with van der Waals surface area (Å²) in [6.45, 7) is 8.86. The predicted octanol–water partition coefficient (Wildman–Crippen LogP) is 10.2. The van der Waals surface area contributed by atoms with Crippen molar-refractivity contribution in [3.63, 3.8) is 0 Å². The zero-order chi connectivity index (χ0) is 25.1. The lowest BCUT2D eigenvalue weighted by Gasteiger charge is -2.15. The first-order chi connectivity index (χ1) is 17.5. The highest BCUT2D eigenvalue weighted by molar-refractivity contribution is 5.81. The molecule has 178 valence electrons. The molecule has 5 aromatic carbocycles. The van der Waals surface area contributed by atoms with E-state index in [-0.39, 0.29) is 0 Å². The summed E-state index contributed by atoms with van der Waals surface area (Å²) in [5.74, 6) is 0. The van der Waals surface area contributed by atoms with Crippen LogP contribution >= 0.6 is 0 Å². The zero-order valence-electron chi connectivity index (χ0n) is 21.8. The summed E-state index contributed by atoms with van der Waals surface area (Å²) in [6.07, 6.45) is 2.25. The lowest BCUT2D eigenvalue weighted by atomic mass is 9.90. The second-order valence-corrected chi connectivity index (χ2v) is 9.86. The first-order valence-electron chi connectivity index (χ1n) is 13.0. The Morgan fingerprint density at radius 1 is 0.417 bits per heavy atom. The summed E-state index contributed by atoms with van der Waals surface area (Å²) in [5, 5.41) is 0. The Labute approximate surface area is 216 Å². The molecule has 0 N–H and O–H groups in total. The van der Waals surface area contributed by atoms with Gasteiger partial charge in [-0.15, -0.1) is 0 Å². The molecule has 0 unspecified atom stereocenters. The summed E-state index contributed by atoms with van der Waals surface area (Å²) in [5.41, 5.74) is 15.7. The minimum absolute atomic E-state index is 1.10. The monoisotopic (exact) mass is 466 g/mol. The number of hydrogen-bond acceptors (Lipinski definition) is 0. The molecular weight excluding hydrogens is 432 g/mol. The average molecular weight is 467 g/mol. The van der Waals surface area contributed by atoms with Crippen LogP contribution in [0.5, 0.6) is 0 Å². The van der Waals surface area contributed by atoms with Gasteiger partial charge in [-0.2, -0.15) is 0 Å². The second kappa shape index (κ2) is 10.4. The molecular formula is C36H34. The molecule has 0 radical (unpaired) electrons. The van der Waals surface area contributed by atoms with Crippen molar-refractivity contribution in [3.8, 4) is 44.5 Å². The highest BCUT2D eigenvalue weighted by Crippen LogP contribution is 2.35. The smallest absolute Gasteiger partial charge is 0.0146 e. The third-order valence-corrected chi connectivity index (χ3v) is 7.27. The van der Waals surface area contributed by atoms with Crippen molar-refractivity contribution in [2.45, 2.75) is 40.5 Å². The van der Waals surface area contributed by atoms with Crippen LogP contribution in [-0.4, -0.2) is 0 Å². The quantitative estimate of drug-likeness (QED) is 0.233. The topological polar surface area (TPSA) is 0 Å². The van der Waals surface area contributed by atoms with E-state index in [4.69, 9.17) is 0 Å². The number of rotatable bonds is 6. The molecule has 0 saturated carbocycles. The minimum Gasteiger partial charge on any atom is -0.0651 e. The maximum absolute atomic E-state index is 2.37. The van der Waals surface area contributed by atoms with E-state index in [1.165, 1.54) is 66.8 Å². The van der Waals surface area contributed by atoms with E-state index >= 15 is 0 Å². The summed E-state index contributed by atoms with van der Waals surface area (Å²) >= 11 is 0. The molecule has 0 aliphatic carbocycles. The van der Waals surface area contributed by atoms with Gasteiger partial charge in [0.25, 0.3) is 0 Å². The van der Waals surface area contributed by atoms with Crippen LogP contribution in [0.15, 0.2) is 109 Å². The fourth-order valence-electron chi connectivity index (χ4n) is 5.21. The molecule has 0 amide bonds. The average Bonchev–Trinajstić information content (AvgIpc) is 2.90. The largest absolute Gasteiger partial charge is 0.0651 e. The van der Waals surface area contributed by atoms with Gasteiger partial charge in [0.05, 0.1) is 0 Å². The maximum Gasteiger partial charge on any atom is -0.0146 e. The van der Waals surface area contributed by atoms with Gasteiger partial charge in [0.15, 0.2) is 0 Å². The van der Waals surface area contributed by atoms with Gasteiger partial charge in [-0.05, 0) is 112 Å². The van der Waals surface area contributed by atoms with Gasteiger partial charge >= 0.3 is 0 Å². The SMILES string of the molecule is CCCc1ccccc1-c1cc(-c2cccc(-c3ccc(C)c(-c4ccccc4C)c3)c2)ccc1C. The van der Waals surface area contributed by atoms with E-state index in [2.05, 4.69) is 137 Å². The molecule has 0 fully saturated rings. The molecule has 36 heavy (non-hydrogen) atoms. The van der Waals surface area contributed by atoms with E-state index in [9.17, 15) is 0 Å². The standard InChI is InChI=1S/C36H34/c1-5-11-28-13-7-9-17-34(28)36-24-32(21-19-27(36)4)30-15-10-14-29(22-30)31-20-18-26(3)35(23-31)33-16-8-6-12-25(33)2/h6-10,12-24H,5,11H2,1-4H3. The van der Waals surface area contributed by atoms with E-state index < -0.39 is 0 Å². The maximum atomic E-state index is 2.37. The van der Waals surface area contributed by atoms with Gasteiger partial charge in [0.1, 0.15) is 0 Å². The van der Waals surface area contributed by atoms with E-state index in [1.807, 2.05) is 0 Å². The van der Waals surface area contributed by atoms with Gasteiger partial charge in [-0.1, -0.05) is 104 Å². The van der Waals surface area contributed by atoms with Crippen molar-refractivity contribution in [2.24, 2.45) is 0 Å². The summed E-state index contributed by atoms with van der Waals surface area (Å²) in [6, 6.07) is 40.2. The van der Waals surface area contributed by atoms with Crippen molar-refractivity contribution in [2.75, 3.05) is 0 Å². The lowest BCUT2D eigenvalue weighted by Crippen LogP contribution is -1.92. The molecule has 0 saturated heterocycles. The van der Waals surface area contributed by atoms with Gasteiger partial charge in [0, 0.05) is 0 Å². The van der Waals surface area contributed by atoms with Crippen LogP contribution in [0, 0.1) is 20.8 Å². The van der Waals surface area contributed by atoms with E-state index in [0.29, 0.717) is 0 Å². The molecule has 0 atom stereocenters. The predicted molar refractivity (Wildman–Crippen MR) is 156 cm³/mol.